The third-order valence-corrected chi connectivity index (χ3v) is 4.28. The smallest absolute Gasteiger partial charge is 0.272 e. The number of carbonyl (C=O) groups excluding carboxylic acids is 2. The number of amides is 2. The average Bonchev–Trinajstić information content (AvgIpc) is 3.21. The van der Waals surface area contributed by atoms with Gasteiger partial charge in [-0.1, -0.05) is 42.5 Å². The lowest BCUT2D eigenvalue weighted by atomic mass is 10.2. The van der Waals surface area contributed by atoms with Crippen LogP contribution in [-0.4, -0.2) is 35.9 Å². The Morgan fingerprint density at radius 3 is 2.14 bits per heavy atom. The zero-order valence-electron chi connectivity index (χ0n) is 15.9. The summed E-state index contributed by atoms with van der Waals surface area (Å²) < 4.78 is 0. The number of hydrogen-bond acceptors (Lipinski definition) is 4. The van der Waals surface area contributed by atoms with Crippen LogP contribution in [0.4, 0.5) is 5.69 Å². The molecule has 0 radical (unpaired) electrons. The molecule has 2 amide bonds. The van der Waals surface area contributed by atoms with Crippen molar-refractivity contribution in [3.8, 4) is 0 Å². The van der Waals surface area contributed by atoms with Crippen LogP contribution in [0, 0.1) is 0 Å². The predicted octanol–water partition coefficient (Wildman–Crippen LogP) is 2.34. The molecule has 0 bridgehead atoms. The number of hydrogen-bond donors (Lipinski definition) is 3. The Morgan fingerprint density at radius 2 is 1.50 bits per heavy atom. The van der Waals surface area contributed by atoms with E-state index in [1.807, 2.05) is 73.6 Å². The molecule has 0 aliphatic heterocycles. The zero-order chi connectivity index (χ0) is 19.9. The Bertz CT molecular complexity index is 933. The largest absolute Gasteiger partial charge is 0.378 e. The summed E-state index contributed by atoms with van der Waals surface area (Å²) >= 11 is 0. The molecule has 1 aromatic heterocycles. The third kappa shape index (κ3) is 4.76. The zero-order valence-corrected chi connectivity index (χ0v) is 15.9. The maximum absolute atomic E-state index is 12.5. The molecular weight excluding hydrogens is 354 g/mol. The highest BCUT2D eigenvalue weighted by Gasteiger charge is 2.20. The molecule has 2 aromatic carbocycles. The van der Waals surface area contributed by atoms with E-state index in [-0.39, 0.29) is 17.3 Å². The summed E-state index contributed by atoms with van der Waals surface area (Å²) in [4.78, 5) is 33.6. The first-order valence-electron chi connectivity index (χ1n) is 8.94. The van der Waals surface area contributed by atoms with Crippen molar-refractivity contribution in [3.63, 3.8) is 0 Å². The van der Waals surface area contributed by atoms with Crippen LogP contribution in [0.5, 0.6) is 0 Å². The molecule has 3 N–H and O–H groups in total. The first-order valence-corrected chi connectivity index (χ1v) is 8.94. The summed E-state index contributed by atoms with van der Waals surface area (Å²) in [5.41, 5.74) is 3.25. The van der Waals surface area contributed by atoms with Gasteiger partial charge in [0.2, 0.25) is 0 Å². The van der Waals surface area contributed by atoms with Crippen molar-refractivity contribution in [2.45, 2.75) is 13.1 Å². The molecule has 7 heteroatoms. The number of rotatable bonds is 7. The van der Waals surface area contributed by atoms with Crippen LogP contribution in [0.15, 0.2) is 60.9 Å². The Kier molecular flexibility index (Phi) is 6.06. The van der Waals surface area contributed by atoms with Crippen molar-refractivity contribution in [1.82, 2.24) is 20.6 Å². The van der Waals surface area contributed by atoms with Crippen LogP contribution in [0.25, 0.3) is 0 Å². The van der Waals surface area contributed by atoms with Gasteiger partial charge in [0, 0.05) is 32.9 Å². The Labute approximate surface area is 163 Å². The van der Waals surface area contributed by atoms with Crippen LogP contribution in [0.1, 0.15) is 32.1 Å². The normalized spacial score (nSPS) is 10.4. The maximum atomic E-state index is 12.5. The topological polar surface area (TPSA) is 90.1 Å². The highest BCUT2D eigenvalue weighted by atomic mass is 16.2. The number of nitrogens with zero attached hydrogens (tertiary/aromatic N) is 2. The summed E-state index contributed by atoms with van der Waals surface area (Å²) in [6, 6.07) is 17.4. The van der Waals surface area contributed by atoms with E-state index in [0.29, 0.717) is 13.1 Å². The van der Waals surface area contributed by atoms with Gasteiger partial charge in [-0.15, -0.1) is 0 Å². The fourth-order valence-corrected chi connectivity index (χ4v) is 2.68. The summed E-state index contributed by atoms with van der Waals surface area (Å²) in [6.07, 6.45) is 1.35. The lowest BCUT2D eigenvalue weighted by Gasteiger charge is -2.13. The summed E-state index contributed by atoms with van der Waals surface area (Å²) in [5.74, 6) is -0.773. The van der Waals surface area contributed by atoms with Gasteiger partial charge < -0.3 is 20.5 Å². The van der Waals surface area contributed by atoms with E-state index < -0.39 is 5.91 Å². The average molecular weight is 377 g/mol. The summed E-state index contributed by atoms with van der Waals surface area (Å²) in [7, 11) is 3.94. The van der Waals surface area contributed by atoms with Gasteiger partial charge in [0.05, 0.1) is 6.33 Å². The number of imidazole rings is 1. The highest BCUT2D eigenvalue weighted by molar-refractivity contribution is 6.04. The van der Waals surface area contributed by atoms with Crippen molar-refractivity contribution in [3.05, 3.63) is 83.4 Å². The molecule has 0 aliphatic rings. The quantitative estimate of drug-likeness (QED) is 0.589. The van der Waals surface area contributed by atoms with Crippen LogP contribution < -0.4 is 15.5 Å². The van der Waals surface area contributed by atoms with Crippen LogP contribution >= 0.6 is 0 Å². The second-order valence-electron chi connectivity index (χ2n) is 6.54. The van der Waals surface area contributed by atoms with Gasteiger partial charge >= 0.3 is 0 Å². The minimum Gasteiger partial charge on any atom is -0.378 e. The van der Waals surface area contributed by atoms with E-state index >= 15 is 0 Å². The monoisotopic (exact) mass is 377 g/mol. The fourth-order valence-electron chi connectivity index (χ4n) is 2.68. The molecule has 144 valence electrons. The molecule has 1 heterocycles. The molecule has 0 unspecified atom stereocenters. The van der Waals surface area contributed by atoms with E-state index in [9.17, 15) is 9.59 Å². The second kappa shape index (κ2) is 8.85. The Hall–Kier alpha value is -3.61. The fraction of sp³-hybridized carbons (Fsp3) is 0.190. The second-order valence-corrected chi connectivity index (χ2v) is 6.54. The number of aromatic nitrogens is 2. The number of benzene rings is 2. The minimum absolute atomic E-state index is 0.0791. The molecule has 0 saturated heterocycles. The van der Waals surface area contributed by atoms with Gasteiger partial charge in [-0.2, -0.15) is 0 Å². The molecule has 0 spiro atoms. The molecule has 0 aliphatic carbocycles. The maximum Gasteiger partial charge on any atom is 0.272 e. The molecule has 7 nitrogen and oxygen atoms in total. The number of carbonyl (C=O) groups is 2. The van der Waals surface area contributed by atoms with Gasteiger partial charge in [0.1, 0.15) is 5.69 Å². The molecule has 0 saturated carbocycles. The van der Waals surface area contributed by atoms with Gasteiger partial charge in [-0.25, -0.2) is 4.98 Å². The van der Waals surface area contributed by atoms with Crippen LogP contribution in [0.2, 0.25) is 0 Å². The number of aromatic amines is 1. The number of anilines is 1. The molecule has 0 fully saturated rings. The van der Waals surface area contributed by atoms with Gasteiger partial charge in [-0.05, 0) is 23.3 Å². The molecular formula is C21H23N5O2. The molecule has 0 atom stereocenters. The summed E-state index contributed by atoms with van der Waals surface area (Å²) in [6.45, 7) is 0.725. The van der Waals surface area contributed by atoms with Crippen molar-refractivity contribution in [2.24, 2.45) is 0 Å². The van der Waals surface area contributed by atoms with Gasteiger partial charge in [0.15, 0.2) is 5.69 Å². The Balaban J connectivity index is 1.59. The van der Waals surface area contributed by atoms with E-state index in [1.165, 1.54) is 6.33 Å². The van der Waals surface area contributed by atoms with E-state index in [1.54, 1.807) is 0 Å². The SMILES string of the molecule is CN(C)c1ccc(CNC(=O)c2nc[nH]c2C(=O)NCc2ccccc2)cc1. The van der Waals surface area contributed by atoms with E-state index in [2.05, 4.69) is 20.6 Å². The van der Waals surface area contributed by atoms with Crippen molar-refractivity contribution < 1.29 is 9.59 Å². The predicted molar refractivity (Wildman–Crippen MR) is 108 cm³/mol. The first-order chi connectivity index (χ1) is 13.5. The molecule has 3 rings (SSSR count). The number of H-pyrrole nitrogens is 1. The molecule has 3 aromatic rings. The third-order valence-electron chi connectivity index (χ3n) is 4.28. The van der Waals surface area contributed by atoms with Gasteiger partial charge in [0.25, 0.3) is 11.8 Å². The van der Waals surface area contributed by atoms with E-state index in [4.69, 9.17) is 0 Å². The lowest BCUT2D eigenvalue weighted by molar-refractivity contribution is 0.0911. The highest BCUT2D eigenvalue weighted by Crippen LogP contribution is 2.12. The van der Waals surface area contributed by atoms with Crippen molar-refractivity contribution in [1.29, 1.82) is 0 Å². The molecule has 28 heavy (non-hydrogen) atoms. The number of nitrogens with one attached hydrogen (secondary N) is 3. The lowest BCUT2D eigenvalue weighted by Crippen LogP contribution is -2.29. The standard InChI is InChI=1S/C21H23N5O2/c1-26(2)17-10-8-16(9-11-17)13-23-21(28)19-18(24-14-25-19)20(27)22-12-15-6-4-3-5-7-15/h3-11,14H,12-13H2,1-2H3,(H,22,27)(H,23,28)(H,24,25). The van der Waals surface area contributed by atoms with Crippen molar-refractivity contribution >= 4 is 17.5 Å². The van der Waals surface area contributed by atoms with Crippen LogP contribution in [-0.2, 0) is 13.1 Å². The minimum atomic E-state index is -0.400. The first kappa shape index (κ1) is 19.2. The van der Waals surface area contributed by atoms with Crippen molar-refractivity contribution in [2.75, 3.05) is 19.0 Å². The van der Waals surface area contributed by atoms with Crippen LogP contribution in [0.3, 0.4) is 0 Å². The van der Waals surface area contributed by atoms with Gasteiger partial charge in [-0.3, -0.25) is 9.59 Å². The summed E-state index contributed by atoms with van der Waals surface area (Å²) in [5, 5.41) is 5.60. The van der Waals surface area contributed by atoms with E-state index in [0.717, 1.165) is 16.8 Å². The Morgan fingerprint density at radius 1 is 0.893 bits per heavy atom.